The summed E-state index contributed by atoms with van der Waals surface area (Å²) in [5, 5.41) is 14.9. The summed E-state index contributed by atoms with van der Waals surface area (Å²) in [5.74, 6) is 0.584. The molecule has 1 amide bonds. The molecule has 0 bridgehead atoms. The van der Waals surface area contributed by atoms with E-state index in [-0.39, 0.29) is 18.2 Å². The van der Waals surface area contributed by atoms with Gasteiger partial charge in [0.15, 0.2) is 0 Å². The molecule has 2 heterocycles. The Kier molecular flexibility index (Phi) is 4.88. The molecule has 6 nitrogen and oxygen atoms in total. The molecule has 1 fully saturated rings. The fraction of sp³-hybridized carbons (Fsp3) is 0.273. The van der Waals surface area contributed by atoms with Crippen LogP contribution in [0.1, 0.15) is 23.9 Å². The maximum absolute atomic E-state index is 12.8. The van der Waals surface area contributed by atoms with Crippen LogP contribution in [0.2, 0.25) is 0 Å². The molecule has 2 aromatic carbocycles. The predicted octanol–water partition coefficient (Wildman–Crippen LogP) is 3.39. The van der Waals surface area contributed by atoms with Crippen LogP contribution in [0.4, 0.5) is 0 Å². The topological polar surface area (TPSA) is 75.8 Å². The summed E-state index contributed by atoms with van der Waals surface area (Å²) in [5.41, 5.74) is 0.316. The van der Waals surface area contributed by atoms with E-state index < -0.39 is 11.7 Å². The van der Waals surface area contributed by atoms with Gasteiger partial charge < -0.3 is 19.3 Å². The molecule has 6 heteroatoms. The number of para-hydroxylation sites is 1. The largest absolute Gasteiger partial charge is 0.487 e. The van der Waals surface area contributed by atoms with Crippen molar-refractivity contribution >= 4 is 5.91 Å². The van der Waals surface area contributed by atoms with E-state index in [1.807, 2.05) is 60.7 Å². The second-order valence-electron chi connectivity index (χ2n) is 7.23. The fourth-order valence-electron chi connectivity index (χ4n) is 3.45. The van der Waals surface area contributed by atoms with E-state index in [4.69, 9.17) is 9.26 Å². The normalized spacial score (nSPS) is 22.1. The summed E-state index contributed by atoms with van der Waals surface area (Å²) in [6, 6.07) is 20.6. The van der Waals surface area contributed by atoms with E-state index in [1.54, 1.807) is 17.9 Å². The summed E-state index contributed by atoms with van der Waals surface area (Å²) in [7, 11) is 0. The van der Waals surface area contributed by atoms with Gasteiger partial charge in [-0.05, 0) is 19.1 Å². The van der Waals surface area contributed by atoms with Crippen LogP contribution in [-0.2, 0) is 0 Å². The third-order valence-corrected chi connectivity index (χ3v) is 4.97. The lowest BCUT2D eigenvalue weighted by atomic mass is 9.91. The minimum absolute atomic E-state index is 0.157. The Morgan fingerprint density at radius 2 is 1.86 bits per heavy atom. The SMILES string of the molecule is C[C@]1(O)CN(C(=O)c2cc(-c3ccccc3)no2)CC[C@@H]1Oc1ccccc1. The highest BCUT2D eigenvalue weighted by Crippen LogP contribution is 2.28. The van der Waals surface area contributed by atoms with E-state index in [0.29, 0.717) is 24.4 Å². The number of carbonyl (C=O) groups is 1. The standard InChI is InChI=1S/C22H22N2O4/c1-22(26)15-24(13-12-20(22)27-17-10-6-3-7-11-17)21(25)19-14-18(23-28-19)16-8-4-2-5-9-16/h2-11,14,20,26H,12-13,15H2,1H3/t20-,22-/m0/s1. The molecule has 0 radical (unpaired) electrons. The van der Waals surface area contributed by atoms with Gasteiger partial charge in [-0.3, -0.25) is 4.79 Å². The maximum Gasteiger partial charge on any atom is 0.292 e. The van der Waals surface area contributed by atoms with Crippen molar-refractivity contribution < 1.29 is 19.2 Å². The number of aromatic nitrogens is 1. The zero-order valence-corrected chi connectivity index (χ0v) is 15.6. The molecular weight excluding hydrogens is 356 g/mol. The summed E-state index contributed by atoms with van der Waals surface area (Å²) in [6.45, 7) is 2.31. The van der Waals surface area contributed by atoms with Crippen LogP contribution in [0.25, 0.3) is 11.3 Å². The van der Waals surface area contributed by atoms with Crippen molar-refractivity contribution in [3.05, 3.63) is 72.5 Å². The van der Waals surface area contributed by atoms with Crippen LogP contribution in [0.15, 0.2) is 71.3 Å². The number of likely N-dealkylation sites (tertiary alicyclic amines) is 1. The van der Waals surface area contributed by atoms with E-state index in [9.17, 15) is 9.90 Å². The first kappa shape index (κ1) is 18.3. The molecule has 0 aliphatic carbocycles. The molecular formula is C22H22N2O4. The second-order valence-corrected chi connectivity index (χ2v) is 7.23. The third-order valence-electron chi connectivity index (χ3n) is 4.97. The Hall–Kier alpha value is -3.12. The molecule has 1 aromatic heterocycles. The van der Waals surface area contributed by atoms with Crippen molar-refractivity contribution in [2.45, 2.75) is 25.0 Å². The number of benzene rings is 2. The van der Waals surface area contributed by atoms with Crippen molar-refractivity contribution in [3.8, 4) is 17.0 Å². The quantitative estimate of drug-likeness (QED) is 0.753. The lowest BCUT2D eigenvalue weighted by molar-refractivity contribution is -0.0903. The molecule has 0 unspecified atom stereocenters. The first-order chi connectivity index (χ1) is 13.5. The molecule has 0 spiro atoms. The number of nitrogens with zero attached hydrogens (tertiary/aromatic N) is 2. The molecule has 144 valence electrons. The van der Waals surface area contributed by atoms with Gasteiger partial charge in [0.25, 0.3) is 5.91 Å². The van der Waals surface area contributed by atoms with E-state index in [0.717, 1.165) is 5.56 Å². The van der Waals surface area contributed by atoms with E-state index >= 15 is 0 Å². The number of β-amino-alcohol motifs (C(OH)–C–C–N with tert-alkyl or cyclic N) is 1. The zero-order chi connectivity index (χ0) is 19.6. The molecule has 1 N–H and O–H groups in total. The average molecular weight is 378 g/mol. The molecule has 4 rings (SSSR count). The molecule has 3 aromatic rings. The van der Waals surface area contributed by atoms with Crippen molar-refractivity contribution in [1.82, 2.24) is 10.1 Å². The number of aliphatic hydroxyl groups is 1. The Labute approximate surface area is 163 Å². The average Bonchev–Trinajstić information content (AvgIpc) is 3.20. The Balaban J connectivity index is 1.45. The smallest absolute Gasteiger partial charge is 0.292 e. The van der Waals surface area contributed by atoms with Gasteiger partial charge in [0.1, 0.15) is 23.1 Å². The van der Waals surface area contributed by atoms with Gasteiger partial charge >= 0.3 is 0 Å². The molecule has 1 aliphatic rings. The number of piperidine rings is 1. The lowest BCUT2D eigenvalue weighted by Gasteiger charge is -2.42. The monoisotopic (exact) mass is 378 g/mol. The number of hydrogen-bond donors (Lipinski definition) is 1. The molecule has 2 atom stereocenters. The highest BCUT2D eigenvalue weighted by Gasteiger charge is 2.42. The van der Waals surface area contributed by atoms with Crippen LogP contribution in [0.3, 0.4) is 0 Å². The Morgan fingerprint density at radius 3 is 2.54 bits per heavy atom. The third kappa shape index (κ3) is 3.77. The number of ether oxygens (including phenoxy) is 1. The fourth-order valence-corrected chi connectivity index (χ4v) is 3.45. The van der Waals surface area contributed by atoms with Gasteiger partial charge in [-0.1, -0.05) is 53.7 Å². The number of amides is 1. The van der Waals surface area contributed by atoms with Gasteiger partial charge in [-0.25, -0.2) is 0 Å². The van der Waals surface area contributed by atoms with Gasteiger partial charge in [-0.15, -0.1) is 0 Å². The lowest BCUT2D eigenvalue weighted by Crippen LogP contribution is -2.58. The van der Waals surface area contributed by atoms with Crippen LogP contribution < -0.4 is 4.74 Å². The van der Waals surface area contributed by atoms with E-state index in [1.165, 1.54) is 0 Å². The summed E-state index contributed by atoms with van der Waals surface area (Å²) in [4.78, 5) is 14.4. The molecule has 1 aliphatic heterocycles. The molecule has 28 heavy (non-hydrogen) atoms. The van der Waals surface area contributed by atoms with Gasteiger partial charge in [-0.2, -0.15) is 0 Å². The van der Waals surface area contributed by atoms with Crippen molar-refractivity contribution in [2.24, 2.45) is 0 Å². The Bertz CT molecular complexity index is 937. The van der Waals surface area contributed by atoms with Gasteiger partial charge in [0.2, 0.25) is 5.76 Å². The second kappa shape index (κ2) is 7.48. The minimum Gasteiger partial charge on any atom is -0.487 e. The highest BCUT2D eigenvalue weighted by atomic mass is 16.5. The summed E-state index contributed by atoms with van der Waals surface area (Å²) in [6.07, 6.45) is 0.126. The van der Waals surface area contributed by atoms with Gasteiger partial charge in [0, 0.05) is 24.6 Å². The molecule has 1 saturated heterocycles. The van der Waals surface area contributed by atoms with Gasteiger partial charge in [0.05, 0.1) is 6.54 Å². The summed E-state index contributed by atoms with van der Waals surface area (Å²) >= 11 is 0. The first-order valence-electron chi connectivity index (χ1n) is 9.28. The molecule has 0 saturated carbocycles. The van der Waals surface area contributed by atoms with E-state index in [2.05, 4.69) is 5.16 Å². The zero-order valence-electron chi connectivity index (χ0n) is 15.6. The van der Waals surface area contributed by atoms with Crippen LogP contribution in [0.5, 0.6) is 5.75 Å². The van der Waals surface area contributed by atoms with Crippen molar-refractivity contribution in [3.63, 3.8) is 0 Å². The Morgan fingerprint density at radius 1 is 1.18 bits per heavy atom. The first-order valence-corrected chi connectivity index (χ1v) is 9.28. The van der Waals surface area contributed by atoms with Crippen molar-refractivity contribution in [1.29, 1.82) is 0 Å². The van der Waals surface area contributed by atoms with Crippen LogP contribution in [-0.4, -0.2) is 45.9 Å². The highest BCUT2D eigenvalue weighted by molar-refractivity contribution is 5.92. The predicted molar refractivity (Wildman–Crippen MR) is 104 cm³/mol. The number of rotatable bonds is 4. The maximum atomic E-state index is 12.8. The summed E-state index contributed by atoms with van der Waals surface area (Å²) < 4.78 is 11.2. The van der Waals surface area contributed by atoms with Crippen molar-refractivity contribution in [2.75, 3.05) is 13.1 Å². The number of carbonyl (C=O) groups excluding carboxylic acids is 1. The van der Waals surface area contributed by atoms with Crippen LogP contribution in [0, 0.1) is 0 Å². The minimum atomic E-state index is -1.17. The van der Waals surface area contributed by atoms with Crippen LogP contribution >= 0.6 is 0 Å². The number of hydrogen-bond acceptors (Lipinski definition) is 5.